The zero-order chi connectivity index (χ0) is 13.3. The standard InChI is InChI=1S/C10H15NO6/c1-3-8(12)16-7(11-15)5-6-10(14)17-9(13)4-2/h15H,3-6H2,1-2H3/b11-7-. The van der Waals surface area contributed by atoms with Gasteiger partial charge in [0.05, 0.1) is 6.42 Å². The molecule has 0 spiro atoms. The van der Waals surface area contributed by atoms with Crippen molar-refractivity contribution in [1.29, 1.82) is 0 Å². The van der Waals surface area contributed by atoms with Crippen LogP contribution in [0.2, 0.25) is 0 Å². The van der Waals surface area contributed by atoms with Crippen LogP contribution < -0.4 is 0 Å². The van der Waals surface area contributed by atoms with Crippen molar-refractivity contribution in [2.75, 3.05) is 0 Å². The second-order valence-electron chi connectivity index (χ2n) is 3.02. The van der Waals surface area contributed by atoms with Crippen LogP contribution in [0.1, 0.15) is 39.5 Å². The highest BCUT2D eigenvalue weighted by molar-refractivity contribution is 5.91. The Morgan fingerprint density at radius 2 is 1.47 bits per heavy atom. The van der Waals surface area contributed by atoms with E-state index in [0.717, 1.165) is 0 Å². The van der Waals surface area contributed by atoms with Gasteiger partial charge in [0.25, 0.3) is 0 Å². The van der Waals surface area contributed by atoms with Crippen LogP contribution in [0.25, 0.3) is 0 Å². The maximum atomic E-state index is 11.1. The van der Waals surface area contributed by atoms with Gasteiger partial charge in [0.1, 0.15) is 0 Å². The molecule has 7 heteroatoms. The van der Waals surface area contributed by atoms with Crippen molar-refractivity contribution in [2.24, 2.45) is 5.16 Å². The van der Waals surface area contributed by atoms with Crippen molar-refractivity contribution in [2.45, 2.75) is 39.5 Å². The Hall–Kier alpha value is -1.92. The number of hydrogen-bond donors (Lipinski definition) is 1. The minimum absolute atomic E-state index is 0.0947. The molecule has 96 valence electrons. The van der Waals surface area contributed by atoms with Gasteiger partial charge in [-0.2, -0.15) is 0 Å². The first-order chi connectivity index (χ1) is 8.03. The van der Waals surface area contributed by atoms with E-state index in [4.69, 9.17) is 5.21 Å². The third-order valence-corrected chi connectivity index (χ3v) is 1.69. The number of carbonyl (C=O) groups excluding carboxylic acids is 3. The lowest BCUT2D eigenvalue weighted by Crippen LogP contribution is -2.16. The van der Waals surface area contributed by atoms with E-state index in [2.05, 4.69) is 14.6 Å². The minimum atomic E-state index is -0.759. The highest BCUT2D eigenvalue weighted by Gasteiger charge is 2.13. The molecule has 0 saturated heterocycles. The molecule has 0 rings (SSSR count). The summed E-state index contributed by atoms with van der Waals surface area (Å²) in [6, 6.07) is 0. The van der Waals surface area contributed by atoms with Gasteiger partial charge < -0.3 is 14.7 Å². The Morgan fingerprint density at radius 3 is 1.94 bits per heavy atom. The van der Waals surface area contributed by atoms with Crippen LogP contribution in [0.5, 0.6) is 0 Å². The topological polar surface area (TPSA) is 102 Å². The lowest BCUT2D eigenvalue weighted by molar-refractivity contribution is -0.159. The number of esters is 3. The van der Waals surface area contributed by atoms with E-state index in [1.54, 1.807) is 13.8 Å². The fraction of sp³-hybridized carbons (Fsp3) is 0.600. The van der Waals surface area contributed by atoms with Crippen molar-refractivity contribution in [3.8, 4) is 0 Å². The summed E-state index contributed by atoms with van der Waals surface area (Å²) in [6.07, 6.45) is -0.102. The van der Waals surface area contributed by atoms with Crippen molar-refractivity contribution in [3.05, 3.63) is 0 Å². The average molecular weight is 245 g/mol. The third kappa shape index (κ3) is 7.04. The van der Waals surface area contributed by atoms with Crippen LogP contribution in [0.4, 0.5) is 0 Å². The zero-order valence-corrected chi connectivity index (χ0v) is 9.76. The molecule has 0 atom stereocenters. The predicted octanol–water partition coefficient (Wildman–Crippen LogP) is 0.987. The molecule has 0 aliphatic heterocycles. The summed E-state index contributed by atoms with van der Waals surface area (Å²) < 4.78 is 8.97. The van der Waals surface area contributed by atoms with Gasteiger partial charge in [-0.3, -0.25) is 14.4 Å². The van der Waals surface area contributed by atoms with E-state index in [9.17, 15) is 14.4 Å². The number of ether oxygens (including phenoxy) is 2. The van der Waals surface area contributed by atoms with E-state index < -0.39 is 17.9 Å². The number of nitrogens with zero attached hydrogens (tertiary/aromatic N) is 1. The zero-order valence-electron chi connectivity index (χ0n) is 9.76. The second-order valence-corrected chi connectivity index (χ2v) is 3.02. The first kappa shape index (κ1) is 15.1. The highest BCUT2D eigenvalue weighted by Crippen LogP contribution is 2.00. The van der Waals surface area contributed by atoms with Gasteiger partial charge >= 0.3 is 17.9 Å². The van der Waals surface area contributed by atoms with Crippen LogP contribution in [-0.2, 0) is 23.9 Å². The highest BCUT2D eigenvalue weighted by atomic mass is 16.6. The number of oxime groups is 1. The van der Waals surface area contributed by atoms with Gasteiger partial charge in [-0.05, 0) is 0 Å². The third-order valence-electron chi connectivity index (χ3n) is 1.69. The number of rotatable bonds is 5. The van der Waals surface area contributed by atoms with Gasteiger partial charge in [0, 0.05) is 19.3 Å². The Balaban J connectivity index is 4.03. The molecule has 0 aromatic heterocycles. The quantitative estimate of drug-likeness (QED) is 0.193. The van der Waals surface area contributed by atoms with Gasteiger partial charge in [-0.15, -0.1) is 0 Å². The summed E-state index contributed by atoms with van der Waals surface area (Å²) in [4.78, 5) is 32.7. The molecule has 0 unspecified atom stereocenters. The summed E-state index contributed by atoms with van der Waals surface area (Å²) in [5, 5.41) is 11.2. The van der Waals surface area contributed by atoms with Crippen LogP contribution in [-0.4, -0.2) is 29.0 Å². The molecule has 0 heterocycles. The normalized spacial score (nSPS) is 10.8. The molecule has 0 amide bonds. The predicted molar refractivity (Wildman–Crippen MR) is 56.2 cm³/mol. The van der Waals surface area contributed by atoms with Gasteiger partial charge in [0.2, 0.25) is 5.90 Å². The van der Waals surface area contributed by atoms with E-state index in [1.807, 2.05) is 0 Å². The number of hydrogen-bond acceptors (Lipinski definition) is 7. The Morgan fingerprint density at radius 1 is 0.941 bits per heavy atom. The van der Waals surface area contributed by atoms with E-state index >= 15 is 0 Å². The van der Waals surface area contributed by atoms with Crippen molar-refractivity contribution in [3.63, 3.8) is 0 Å². The number of carbonyl (C=O) groups is 3. The van der Waals surface area contributed by atoms with Gasteiger partial charge in [-0.1, -0.05) is 19.0 Å². The molecule has 0 aromatic carbocycles. The van der Waals surface area contributed by atoms with Crippen molar-refractivity contribution in [1.82, 2.24) is 0 Å². The summed E-state index contributed by atoms with van der Waals surface area (Å²) in [5.41, 5.74) is 0. The molecular formula is C10H15NO6. The molecule has 0 fully saturated rings. The maximum Gasteiger partial charge on any atom is 0.313 e. The molecule has 0 bridgehead atoms. The van der Waals surface area contributed by atoms with E-state index in [0.29, 0.717) is 0 Å². The molecule has 0 aromatic rings. The Labute approximate surface area is 98.4 Å². The summed E-state index contributed by atoms with van der Waals surface area (Å²) >= 11 is 0. The van der Waals surface area contributed by atoms with Crippen LogP contribution in [0, 0.1) is 0 Å². The minimum Gasteiger partial charge on any atom is -0.408 e. The lowest BCUT2D eigenvalue weighted by atomic mass is 10.3. The summed E-state index contributed by atoms with van der Waals surface area (Å²) in [6.45, 7) is 3.13. The smallest absolute Gasteiger partial charge is 0.313 e. The SMILES string of the molecule is CCC(=O)OC(=O)CC/C(=N/O)OC(=O)CC. The Kier molecular flexibility index (Phi) is 7.32. The molecule has 1 N–H and O–H groups in total. The fourth-order valence-corrected chi connectivity index (χ4v) is 0.784. The van der Waals surface area contributed by atoms with Crippen LogP contribution in [0.3, 0.4) is 0 Å². The maximum absolute atomic E-state index is 11.1. The monoisotopic (exact) mass is 245 g/mol. The van der Waals surface area contributed by atoms with E-state index in [-0.39, 0.29) is 31.6 Å². The fourth-order valence-electron chi connectivity index (χ4n) is 0.784. The van der Waals surface area contributed by atoms with Crippen LogP contribution in [0.15, 0.2) is 5.16 Å². The van der Waals surface area contributed by atoms with E-state index in [1.165, 1.54) is 0 Å². The molecule has 7 nitrogen and oxygen atoms in total. The Bertz CT molecular complexity index is 323. The average Bonchev–Trinajstić information content (AvgIpc) is 2.33. The van der Waals surface area contributed by atoms with Gasteiger partial charge in [-0.25, -0.2) is 0 Å². The first-order valence-electron chi connectivity index (χ1n) is 5.18. The summed E-state index contributed by atoms with van der Waals surface area (Å²) in [5.74, 6) is -2.25. The first-order valence-corrected chi connectivity index (χ1v) is 5.18. The summed E-state index contributed by atoms with van der Waals surface area (Å²) in [7, 11) is 0. The van der Waals surface area contributed by atoms with Gasteiger partial charge in [0.15, 0.2) is 0 Å². The molecule has 17 heavy (non-hydrogen) atoms. The largest absolute Gasteiger partial charge is 0.408 e. The molecule has 0 aliphatic carbocycles. The van der Waals surface area contributed by atoms with Crippen molar-refractivity contribution < 1.29 is 29.1 Å². The molecule has 0 saturated carbocycles. The van der Waals surface area contributed by atoms with Crippen molar-refractivity contribution >= 4 is 23.8 Å². The molecule has 0 aliphatic rings. The second kappa shape index (κ2) is 8.26. The van der Waals surface area contributed by atoms with Crippen LogP contribution >= 0.6 is 0 Å². The molecular weight excluding hydrogens is 230 g/mol. The lowest BCUT2D eigenvalue weighted by Gasteiger charge is -2.04. The molecule has 0 radical (unpaired) electrons.